The van der Waals surface area contributed by atoms with Gasteiger partial charge in [-0.05, 0) is 5.92 Å². The highest BCUT2D eigenvalue weighted by atomic mass is 16.5. The molecule has 2 aliphatic heterocycles. The van der Waals surface area contributed by atoms with Crippen molar-refractivity contribution >= 4 is 5.91 Å². The fourth-order valence-electron chi connectivity index (χ4n) is 3.75. The molecular formula is C21H37N5O4. The second-order valence-electron chi connectivity index (χ2n) is 8.49. The summed E-state index contributed by atoms with van der Waals surface area (Å²) in [6.07, 6.45) is 2.14. The number of amides is 1. The van der Waals surface area contributed by atoms with Crippen LogP contribution in [0.1, 0.15) is 36.6 Å². The van der Waals surface area contributed by atoms with Crippen molar-refractivity contribution in [1.82, 2.24) is 25.0 Å². The normalized spacial score (nSPS) is 21.4. The molecule has 0 bridgehead atoms. The van der Waals surface area contributed by atoms with E-state index in [-0.39, 0.29) is 12.0 Å². The molecule has 170 valence electrons. The lowest BCUT2D eigenvalue weighted by Gasteiger charge is -2.36. The van der Waals surface area contributed by atoms with Gasteiger partial charge in [0.1, 0.15) is 6.26 Å². The van der Waals surface area contributed by atoms with E-state index in [9.17, 15) is 9.90 Å². The smallest absolute Gasteiger partial charge is 0.273 e. The van der Waals surface area contributed by atoms with Crippen molar-refractivity contribution in [2.45, 2.75) is 32.9 Å². The number of aliphatic hydroxyl groups is 1. The quantitative estimate of drug-likeness (QED) is 0.554. The van der Waals surface area contributed by atoms with E-state index in [0.717, 1.165) is 58.9 Å². The molecule has 30 heavy (non-hydrogen) atoms. The number of oxazole rings is 1. The molecule has 0 aliphatic carbocycles. The molecule has 9 nitrogen and oxygen atoms in total. The van der Waals surface area contributed by atoms with Crippen LogP contribution in [0.15, 0.2) is 10.7 Å². The van der Waals surface area contributed by atoms with Crippen LogP contribution in [0.25, 0.3) is 0 Å². The lowest BCUT2D eigenvalue weighted by Crippen LogP contribution is -2.50. The highest BCUT2D eigenvalue weighted by Crippen LogP contribution is 2.10. The SMILES string of the molecule is CCC(C)CNC(=O)c1coc(CN2CCN(CC(O)CN3CCOCC3)CC2)n1. The van der Waals surface area contributed by atoms with Gasteiger partial charge in [0.05, 0.1) is 25.9 Å². The van der Waals surface area contributed by atoms with E-state index in [0.29, 0.717) is 43.7 Å². The minimum Gasteiger partial charge on any atom is -0.447 e. The van der Waals surface area contributed by atoms with Crippen molar-refractivity contribution in [2.75, 3.05) is 72.1 Å². The van der Waals surface area contributed by atoms with E-state index in [1.165, 1.54) is 6.26 Å². The Morgan fingerprint density at radius 3 is 2.43 bits per heavy atom. The number of aliphatic hydroxyl groups excluding tert-OH is 1. The number of piperazine rings is 1. The summed E-state index contributed by atoms with van der Waals surface area (Å²) in [5.74, 6) is 0.845. The van der Waals surface area contributed by atoms with E-state index in [2.05, 4.69) is 38.8 Å². The molecule has 2 atom stereocenters. The van der Waals surface area contributed by atoms with Gasteiger partial charge in [0.25, 0.3) is 5.91 Å². The van der Waals surface area contributed by atoms with Crippen LogP contribution in [0.3, 0.4) is 0 Å². The van der Waals surface area contributed by atoms with Gasteiger partial charge in [-0.2, -0.15) is 0 Å². The molecular weight excluding hydrogens is 386 g/mol. The molecule has 3 rings (SSSR count). The number of carbonyl (C=O) groups is 1. The fourth-order valence-corrected chi connectivity index (χ4v) is 3.75. The Bertz CT molecular complexity index is 641. The van der Waals surface area contributed by atoms with Gasteiger partial charge in [0, 0.05) is 58.9 Å². The summed E-state index contributed by atoms with van der Waals surface area (Å²) in [5, 5.41) is 13.3. The zero-order valence-corrected chi connectivity index (χ0v) is 18.4. The number of nitrogens with one attached hydrogen (secondary N) is 1. The lowest BCUT2D eigenvalue weighted by atomic mass is 10.1. The Balaban J connectivity index is 1.35. The maximum atomic E-state index is 12.2. The van der Waals surface area contributed by atoms with E-state index >= 15 is 0 Å². The van der Waals surface area contributed by atoms with E-state index in [1.807, 2.05) is 0 Å². The third kappa shape index (κ3) is 7.31. The van der Waals surface area contributed by atoms with Crippen LogP contribution in [-0.4, -0.2) is 109 Å². The van der Waals surface area contributed by atoms with Crippen LogP contribution in [0.2, 0.25) is 0 Å². The third-order valence-electron chi connectivity index (χ3n) is 5.96. The lowest BCUT2D eigenvalue weighted by molar-refractivity contribution is 0.00187. The monoisotopic (exact) mass is 423 g/mol. The molecule has 0 spiro atoms. The summed E-state index contributed by atoms with van der Waals surface area (Å²) in [6, 6.07) is 0. The van der Waals surface area contributed by atoms with Crippen molar-refractivity contribution < 1.29 is 19.1 Å². The molecule has 2 aliphatic rings. The van der Waals surface area contributed by atoms with Crippen LogP contribution in [-0.2, 0) is 11.3 Å². The predicted molar refractivity (Wildman–Crippen MR) is 113 cm³/mol. The van der Waals surface area contributed by atoms with E-state index in [1.54, 1.807) is 0 Å². The Morgan fingerprint density at radius 1 is 1.13 bits per heavy atom. The molecule has 0 aromatic carbocycles. The Hall–Kier alpha value is -1.52. The van der Waals surface area contributed by atoms with E-state index in [4.69, 9.17) is 9.15 Å². The maximum absolute atomic E-state index is 12.2. The van der Waals surface area contributed by atoms with Gasteiger partial charge in [-0.3, -0.25) is 19.5 Å². The van der Waals surface area contributed by atoms with Gasteiger partial charge in [-0.25, -0.2) is 4.98 Å². The van der Waals surface area contributed by atoms with Crippen molar-refractivity contribution in [3.05, 3.63) is 17.8 Å². The van der Waals surface area contributed by atoms with Crippen molar-refractivity contribution in [3.8, 4) is 0 Å². The molecule has 2 saturated heterocycles. The Labute approximate surface area is 179 Å². The van der Waals surface area contributed by atoms with E-state index < -0.39 is 0 Å². The van der Waals surface area contributed by atoms with Gasteiger partial charge < -0.3 is 19.6 Å². The predicted octanol–water partition coefficient (Wildman–Crippen LogP) is 0.261. The first-order valence-corrected chi connectivity index (χ1v) is 11.2. The molecule has 9 heteroatoms. The highest BCUT2D eigenvalue weighted by Gasteiger charge is 2.23. The van der Waals surface area contributed by atoms with Crippen molar-refractivity contribution in [1.29, 1.82) is 0 Å². The van der Waals surface area contributed by atoms with Crippen LogP contribution < -0.4 is 5.32 Å². The van der Waals surface area contributed by atoms with Gasteiger partial charge in [-0.15, -0.1) is 0 Å². The number of morpholine rings is 1. The summed E-state index contributed by atoms with van der Waals surface area (Å²) in [6.45, 7) is 13.8. The average molecular weight is 424 g/mol. The molecule has 2 N–H and O–H groups in total. The molecule has 1 aromatic heterocycles. The first-order valence-electron chi connectivity index (χ1n) is 11.2. The number of hydrogen-bond acceptors (Lipinski definition) is 8. The maximum Gasteiger partial charge on any atom is 0.273 e. The van der Waals surface area contributed by atoms with Crippen LogP contribution in [0.4, 0.5) is 0 Å². The number of β-amino-alcohol motifs (C(OH)–C–C–N with tert-alkyl or cyclic N) is 1. The molecule has 2 fully saturated rings. The van der Waals surface area contributed by atoms with Crippen LogP contribution >= 0.6 is 0 Å². The zero-order chi connectivity index (χ0) is 21.3. The second kappa shape index (κ2) is 11.8. The molecule has 1 aromatic rings. The summed E-state index contributed by atoms with van der Waals surface area (Å²) >= 11 is 0. The minimum absolute atomic E-state index is 0.177. The third-order valence-corrected chi connectivity index (χ3v) is 5.96. The van der Waals surface area contributed by atoms with Gasteiger partial charge in [0.15, 0.2) is 5.69 Å². The number of hydrogen-bond donors (Lipinski definition) is 2. The number of rotatable bonds is 10. The van der Waals surface area contributed by atoms with Gasteiger partial charge in [0.2, 0.25) is 5.89 Å². The fraction of sp³-hybridized carbons (Fsp3) is 0.810. The Kier molecular flexibility index (Phi) is 9.07. The first-order chi connectivity index (χ1) is 14.5. The average Bonchev–Trinajstić information content (AvgIpc) is 3.22. The van der Waals surface area contributed by atoms with Crippen LogP contribution in [0, 0.1) is 5.92 Å². The summed E-state index contributed by atoms with van der Waals surface area (Å²) < 4.78 is 10.9. The zero-order valence-electron chi connectivity index (χ0n) is 18.4. The largest absolute Gasteiger partial charge is 0.447 e. The molecule has 2 unspecified atom stereocenters. The second-order valence-corrected chi connectivity index (χ2v) is 8.49. The van der Waals surface area contributed by atoms with Gasteiger partial charge in [-0.1, -0.05) is 20.3 Å². The topological polar surface area (TPSA) is 94.3 Å². The van der Waals surface area contributed by atoms with Crippen LogP contribution in [0.5, 0.6) is 0 Å². The Morgan fingerprint density at radius 2 is 1.77 bits per heavy atom. The minimum atomic E-state index is -0.335. The first kappa shape index (κ1) is 23.1. The molecule has 0 radical (unpaired) electrons. The number of carbonyl (C=O) groups excluding carboxylic acids is 1. The number of ether oxygens (including phenoxy) is 1. The summed E-state index contributed by atoms with van der Waals surface area (Å²) in [4.78, 5) is 23.4. The van der Waals surface area contributed by atoms with Crippen molar-refractivity contribution in [3.63, 3.8) is 0 Å². The highest BCUT2D eigenvalue weighted by molar-refractivity contribution is 5.91. The summed E-state index contributed by atoms with van der Waals surface area (Å²) in [5.41, 5.74) is 0.346. The molecule has 0 saturated carbocycles. The van der Waals surface area contributed by atoms with Crippen molar-refractivity contribution in [2.24, 2.45) is 5.92 Å². The molecule has 3 heterocycles. The standard InChI is InChI=1S/C21H37N5O4/c1-3-17(2)12-22-21(28)19-16-30-20(23-19)15-25-6-4-24(5-7-25)13-18(27)14-26-8-10-29-11-9-26/h16-18,27H,3-15H2,1-2H3,(H,22,28). The summed E-state index contributed by atoms with van der Waals surface area (Å²) in [7, 11) is 0. The number of nitrogens with zero attached hydrogens (tertiary/aromatic N) is 4. The molecule has 1 amide bonds. The number of aromatic nitrogens is 1. The van der Waals surface area contributed by atoms with Gasteiger partial charge >= 0.3 is 0 Å².